The number of hydrogen-bond acceptors (Lipinski definition) is 2. The van der Waals surface area contributed by atoms with E-state index in [1.165, 1.54) is 17.7 Å². The highest BCUT2D eigenvalue weighted by atomic mass is 32.2. The summed E-state index contributed by atoms with van der Waals surface area (Å²) < 4.78 is 12.7. The second-order valence-corrected chi connectivity index (χ2v) is 5.30. The van der Waals surface area contributed by atoms with Gasteiger partial charge in [-0.05, 0) is 37.7 Å². The van der Waals surface area contributed by atoms with Gasteiger partial charge >= 0.3 is 0 Å². The minimum Gasteiger partial charge on any atom is -0.299 e. The van der Waals surface area contributed by atoms with Crippen LogP contribution in [0.2, 0.25) is 0 Å². The maximum atomic E-state index is 12.7. The molecule has 0 saturated heterocycles. The zero-order valence-corrected chi connectivity index (χ0v) is 11.4. The first-order valence-corrected chi connectivity index (χ1v) is 6.85. The highest BCUT2D eigenvalue weighted by molar-refractivity contribution is 7.99. The fourth-order valence-electron chi connectivity index (χ4n) is 1.55. The minimum atomic E-state index is -0.174. The third kappa shape index (κ3) is 5.89. The molecule has 1 aromatic carbocycles. The van der Waals surface area contributed by atoms with Crippen molar-refractivity contribution in [2.75, 3.05) is 25.4 Å². The molecule has 1 nitrogen and oxygen atoms in total. The van der Waals surface area contributed by atoms with E-state index in [0.717, 1.165) is 30.3 Å². The van der Waals surface area contributed by atoms with E-state index in [-0.39, 0.29) is 5.82 Å². The zero-order chi connectivity index (χ0) is 12.7. The van der Waals surface area contributed by atoms with E-state index in [1.54, 1.807) is 11.8 Å². The molecule has 0 bridgehead atoms. The van der Waals surface area contributed by atoms with Crippen molar-refractivity contribution in [3.63, 3.8) is 0 Å². The van der Waals surface area contributed by atoms with E-state index in [4.69, 9.17) is 0 Å². The first-order valence-electron chi connectivity index (χ1n) is 5.87. The molecule has 0 atom stereocenters. The predicted octanol–water partition coefficient (Wildman–Crippen LogP) is 3.82. The van der Waals surface area contributed by atoms with Gasteiger partial charge < -0.3 is 0 Å². The molecular weight excluding hydrogens is 233 g/mol. The maximum Gasteiger partial charge on any atom is 0.123 e. The number of nitrogens with zero attached hydrogens (tertiary/aromatic N) is 1. The number of halogens is 1. The number of likely N-dealkylation sites (N-methyl/N-ethyl adjacent to an activating group) is 1. The molecule has 0 spiro atoms. The van der Waals surface area contributed by atoms with Crippen LogP contribution in [-0.2, 0) is 0 Å². The number of hydrogen-bond donors (Lipinski definition) is 0. The van der Waals surface area contributed by atoms with Crippen molar-refractivity contribution in [2.45, 2.75) is 18.7 Å². The predicted molar refractivity (Wildman–Crippen MR) is 74.1 cm³/mol. The fourth-order valence-corrected chi connectivity index (χ4v) is 2.47. The minimum absolute atomic E-state index is 0.174. The molecule has 0 aliphatic carbocycles. The summed E-state index contributed by atoms with van der Waals surface area (Å²) in [5.41, 5.74) is 1.19. The Kier molecular flexibility index (Phi) is 6.30. The fraction of sp³-hybridized carbons (Fsp3) is 0.429. The molecule has 0 saturated carbocycles. The second kappa shape index (κ2) is 7.51. The third-order valence-corrected chi connectivity index (χ3v) is 3.42. The average Bonchev–Trinajstić information content (AvgIpc) is 2.30. The Balaban J connectivity index is 2.30. The van der Waals surface area contributed by atoms with Crippen molar-refractivity contribution < 1.29 is 4.39 Å². The van der Waals surface area contributed by atoms with E-state index >= 15 is 0 Å². The Hall–Kier alpha value is -0.800. The lowest BCUT2D eigenvalue weighted by Crippen LogP contribution is -2.27. The Morgan fingerprint density at radius 3 is 2.53 bits per heavy atom. The SMILES string of the molecule is C=C(C)CN(CC)CCSc1ccc(F)cc1. The van der Waals surface area contributed by atoms with Crippen molar-refractivity contribution in [3.05, 3.63) is 42.2 Å². The zero-order valence-electron chi connectivity index (χ0n) is 10.6. The van der Waals surface area contributed by atoms with Crippen molar-refractivity contribution >= 4 is 11.8 Å². The number of rotatable bonds is 7. The molecule has 0 fully saturated rings. The molecule has 1 aromatic rings. The summed E-state index contributed by atoms with van der Waals surface area (Å²) in [6, 6.07) is 6.67. The summed E-state index contributed by atoms with van der Waals surface area (Å²) in [6.45, 7) is 11.2. The molecule has 94 valence electrons. The summed E-state index contributed by atoms with van der Waals surface area (Å²) in [6.07, 6.45) is 0. The molecule has 0 aromatic heterocycles. The lowest BCUT2D eigenvalue weighted by atomic mass is 10.3. The number of benzene rings is 1. The van der Waals surface area contributed by atoms with Gasteiger partial charge in [-0.3, -0.25) is 4.90 Å². The van der Waals surface area contributed by atoms with Crippen LogP contribution in [0.5, 0.6) is 0 Å². The quantitative estimate of drug-likeness (QED) is 0.537. The topological polar surface area (TPSA) is 3.24 Å². The molecular formula is C14H20FNS. The molecule has 1 rings (SSSR count). The summed E-state index contributed by atoms with van der Waals surface area (Å²) in [5, 5.41) is 0. The third-order valence-electron chi connectivity index (χ3n) is 2.43. The lowest BCUT2D eigenvalue weighted by Gasteiger charge is -2.19. The molecule has 0 aliphatic heterocycles. The van der Waals surface area contributed by atoms with Gasteiger partial charge in [-0.15, -0.1) is 11.8 Å². The van der Waals surface area contributed by atoms with Crippen LogP contribution < -0.4 is 0 Å². The van der Waals surface area contributed by atoms with Gasteiger partial charge in [-0.2, -0.15) is 0 Å². The van der Waals surface area contributed by atoms with E-state index in [9.17, 15) is 4.39 Å². The van der Waals surface area contributed by atoms with Crippen molar-refractivity contribution in [3.8, 4) is 0 Å². The van der Waals surface area contributed by atoms with Crippen LogP contribution in [0.25, 0.3) is 0 Å². The van der Waals surface area contributed by atoms with Gasteiger partial charge in [0, 0.05) is 23.7 Å². The van der Waals surface area contributed by atoms with Gasteiger partial charge in [0.1, 0.15) is 5.82 Å². The van der Waals surface area contributed by atoms with Crippen LogP contribution in [0, 0.1) is 5.82 Å². The molecule has 0 radical (unpaired) electrons. The highest BCUT2D eigenvalue weighted by Gasteiger charge is 2.02. The van der Waals surface area contributed by atoms with E-state index < -0.39 is 0 Å². The largest absolute Gasteiger partial charge is 0.299 e. The first-order chi connectivity index (χ1) is 8.11. The van der Waals surface area contributed by atoms with E-state index in [0.29, 0.717) is 0 Å². The Bertz CT molecular complexity index is 348. The van der Waals surface area contributed by atoms with Crippen LogP contribution in [0.4, 0.5) is 4.39 Å². The molecule has 3 heteroatoms. The molecule has 0 amide bonds. The lowest BCUT2D eigenvalue weighted by molar-refractivity contribution is 0.333. The summed E-state index contributed by atoms with van der Waals surface area (Å²) in [7, 11) is 0. The molecule has 17 heavy (non-hydrogen) atoms. The molecule has 0 aliphatic rings. The number of thioether (sulfide) groups is 1. The summed E-state index contributed by atoms with van der Waals surface area (Å²) in [5.74, 6) is 0.846. The Morgan fingerprint density at radius 2 is 2.00 bits per heavy atom. The van der Waals surface area contributed by atoms with Crippen LogP contribution in [-0.4, -0.2) is 30.3 Å². The van der Waals surface area contributed by atoms with Gasteiger partial charge in [0.25, 0.3) is 0 Å². The van der Waals surface area contributed by atoms with Crippen LogP contribution >= 0.6 is 11.8 Å². The van der Waals surface area contributed by atoms with Crippen molar-refractivity contribution in [1.29, 1.82) is 0 Å². The second-order valence-electron chi connectivity index (χ2n) is 4.13. The highest BCUT2D eigenvalue weighted by Crippen LogP contribution is 2.18. The van der Waals surface area contributed by atoms with Crippen molar-refractivity contribution in [2.24, 2.45) is 0 Å². The van der Waals surface area contributed by atoms with Gasteiger partial charge in [0.2, 0.25) is 0 Å². The van der Waals surface area contributed by atoms with Gasteiger partial charge in [-0.1, -0.05) is 19.1 Å². The average molecular weight is 253 g/mol. The summed E-state index contributed by atoms with van der Waals surface area (Å²) in [4.78, 5) is 3.48. The van der Waals surface area contributed by atoms with Crippen LogP contribution in [0.15, 0.2) is 41.3 Å². The van der Waals surface area contributed by atoms with Crippen LogP contribution in [0.3, 0.4) is 0 Å². The van der Waals surface area contributed by atoms with E-state index in [2.05, 4.69) is 25.3 Å². The van der Waals surface area contributed by atoms with Gasteiger partial charge in [0.05, 0.1) is 0 Å². The molecule has 0 unspecified atom stereocenters. The monoisotopic (exact) mass is 253 g/mol. The Morgan fingerprint density at radius 1 is 1.35 bits per heavy atom. The smallest absolute Gasteiger partial charge is 0.123 e. The van der Waals surface area contributed by atoms with E-state index in [1.807, 2.05) is 12.1 Å². The van der Waals surface area contributed by atoms with Crippen LogP contribution in [0.1, 0.15) is 13.8 Å². The van der Waals surface area contributed by atoms with Gasteiger partial charge in [-0.25, -0.2) is 4.39 Å². The molecule has 0 heterocycles. The maximum absolute atomic E-state index is 12.7. The van der Waals surface area contributed by atoms with Crippen molar-refractivity contribution in [1.82, 2.24) is 4.90 Å². The normalized spacial score (nSPS) is 10.8. The summed E-state index contributed by atoms with van der Waals surface area (Å²) >= 11 is 1.76. The first kappa shape index (κ1) is 14.3. The van der Waals surface area contributed by atoms with Gasteiger partial charge in [0.15, 0.2) is 0 Å². The molecule has 0 N–H and O–H groups in total. The standard InChI is InChI=1S/C14H20FNS/c1-4-16(11-12(2)3)9-10-17-14-7-5-13(15)6-8-14/h5-8H,2,4,9-11H2,1,3H3. The Labute approximate surface area is 108 Å².